The molecule has 0 aromatic carbocycles. The molecule has 0 atom stereocenters. The Morgan fingerprint density at radius 1 is 1.33 bits per heavy atom. The second kappa shape index (κ2) is 4.57. The van der Waals surface area contributed by atoms with E-state index >= 15 is 0 Å². The summed E-state index contributed by atoms with van der Waals surface area (Å²) < 4.78 is 1.16. The Morgan fingerprint density at radius 2 is 2.13 bits per heavy atom. The molecule has 2 aromatic heterocycles. The van der Waals surface area contributed by atoms with E-state index in [1.165, 1.54) is 0 Å². The van der Waals surface area contributed by atoms with Crippen molar-refractivity contribution in [1.82, 2.24) is 9.97 Å². The van der Waals surface area contributed by atoms with Crippen LogP contribution in [-0.4, -0.2) is 16.0 Å². The van der Waals surface area contributed by atoms with Crippen molar-refractivity contribution in [1.29, 1.82) is 0 Å². The van der Waals surface area contributed by atoms with Crippen LogP contribution in [-0.2, 0) is 0 Å². The number of nitrogens with one attached hydrogen (secondary N) is 1. The van der Waals surface area contributed by atoms with Gasteiger partial charge in [-0.05, 0) is 24.3 Å². The van der Waals surface area contributed by atoms with Crippen LogP contribution in [0.1, 0.15) is 26.7 Å². The van der Waals surface area contributed by atoms with Gasteiger partial charge in [0.1, 0.15) is 12.1 Å². The first-order valence-corrected chi connectivity index (χ1v) is 6.17. The Labute approximate surface area is 93.6 Å². The molecule has 0 bridgehead atoms. The Morgan fingerprint density at radius 3 is 2.87 bits per heavy atom. The number of hydrogen-bond donors (Lipinski definition) is 1. The first kappa shape index (κ1) is 10.4. The SMILES string of the molecule is CCC(CC)Nc1ncnc2ccsc12. The minimum Gasteiger partial charge on any atom is -0.366 e. The predicted molar refractivity (Wildman–Crippen MR) is 65.4 cm³/mol. The molecule has 80 valence electrons. The summed E-state index contributed by atoms with van der Waals surface area (Å²) in [6.07, 6.45) is 3.86. The fraction of sp³-hybridized carbons (Fsp3) is 0.455. The molecular formula is C11H15N3S. The van der Waals surface area contributed by atoms with E-state index in [9.17, 15) is 0 Å². The van der Waals surface area contributed by atoms with Gasteiger partial charge in [-0.3, -0.25) is 0 Å². The molecule has 0 aliphatic carbocycles. The van der Waals surface area contributed by atoms with Crippen molar-refractivity contribution in [2.75, 3.05) is 5.32 Å². The van der Waals surface area contributed by atoms with E-state index in [4.69, 9.17) is 0 Å². The summed E-state index contributed by atoms with van der Waals surface area (Å²) >= 11 is 1.69. The van der Waals surface area contributed by atoms with Crippen LogP contribution in [0.3, 0.4) is 0 Å². The van der Waals surface area contributed by atoms with Gasteiger partial charge in [0.05, 0.1) is 10.2 Å². The molecule has 4 heteroatoms. The maximum Gasteiger partial charge on any atom is 0.147 e. The van der Waals surface area contributed by atoms with E-state index in [0.29, 0.717) is 6.04 Å². The van der Waals surface area contributed by atoms with Gasteiger partial charge in [-0.15, -0.1) is 11.3 Å². The lowest BCUT2D eigenvalue weighted by molar-refractivity contribution is 0.669. The summed E-state index contributed by atoms with van der Waals surface area (Å²) in [6, 6.07) is 2.53. The fourth-order valence-electron chi connectivity index (χ4n) is 1.58. The Kier molecular flexibility index (Phi) is 3.16. The van der Waals surface area contributed by atoms with Crippen LogP contribution in [0.25, 0.3) is 10.2 Å². The highest BCUT2D eigenvalue weighted by Gasteiger charge is 2.08. The average molecular weight is 221 g/mol. The number of anilines is 1. The third-order valence-corrected chi connectivity index (χ3v) is 3.48. The Balaban J connectivity index is 2.30. The zero-order chi connectivity index (χ0) is 10.7. The number of thiophene rings is 1. The largest absolute Gasteiger partial charge is 0.366 e. The van der Waals surface area contributed by atoms with E-state index in [0.717, 1.165) is 28.9 Å². The van der Waals surface area contributed by atoms with Gasteiger partial charge in [0.15, 0.2) is 0 Å². The minimum atomic E-state index is 0.505. The average Bonchev–Trinajstić information content (AvgIpc) is 2.74. The number of hydrogen-bond acceptors (Lipinski definition) is 4. The molecule has 0 saturated heterocycles. The first-order chi connectivity index (χ1) is 7.35. The first-order valence-electron chi connectivity index (χ1n) is 5.29. The standard InChI is InChI=1S/C11H15N3S/c1-3-8(4-2)14-11-10-9(5-6-15-10)12-7-13-11/h5-8H,3-4H2,1-2H3,(H,12,13,14). The Bertz CT molecular complexity index is 434. The predicted octanol–water partition coefficient (Wildman–Crippen LogP) is 3.29. The molecule has 0 spiro atoms. The van der Waals surface area contributed by atoms with Gasteiger partial charge in [-0.25, -0.2) is 9.97 Å². The number of nitrogens with zero attached hydrogens (tertiary/aromatic N) is 2. The van der Waals surface area contributed by atoms with Crippen LogP contribution in [0.5, 0.6) is 0 Å². The molecule has 0 amide bonds. The van der Waals surface area contributed by atoms with Crippen LogP contribution in [0.2, 0.25) is 0 Å². The molecular weight excluding hydrogens is 206 g/mol. The van der Waals surface area contributed by atoms with E-state index in [1.807, 2.05) is 6.07 Å². The van der Waals surface area contributed by atoms with Crippen LogP contribution in [0.4, 0.5) is 5.82 Å². The second-order valence-electron chi connectivity index (χ2n) is 3.51. The van der Waals surface area contributed by atoms with Crippen molar-refractivity contribution in [2.45, 2.75) is 32.7 Å². The maximum absolute atomic E-state index is 4.30. The monoisotopic (exact) mass is 221 g/mol. The molecule has 3 nitrogen and oxygen atoms in total. The summed E-state index contributed by atoms with van der Waals surface area (Å²) in [5.74, 6) is 0.976. The van der Waals surface area contributed by atoms with Crippen molar-refractivity contribution in [2.24, 2.45) is 0 Å². The van der Waals surface area contributed by atoms with Crippen molar-refractivity contribution >= 4 is 27.4 Å². The molecule has 0 saturated carbocycles. The molecule has 0 aliphatic heterocycles. The highest BCUT2D eigenvalue weighted by Crippen LogP contribution is 2.25. The molecule has 1 N–H and O–H groups in total. The second-order valence-corrected chi connectivity index (χ2v) is 4.43. The summed E-state index contributed by atoms with van der Waals surface area (Å²) in [4.78, 5) is 8.52. The minimum absolute atomic E-state index is 0.505. The third kappa shape index (κ3) is 2.09. The molecule has 15 heavy (non-hydrogen) atoms. The summed E-state index contributed by atoms with van der Waals surface area (Å²) in [6.45, 7) is 4.38. The van der Waals surface area contributed by atoms with E-state index in [-0.39, 0.29) is 0 Å². The van der Waals surface area contributed by atoms with Gasteiger partial charge in [-0.2, -0.15) is 0 Å². The van der Waals surface area contributed by atoms with Crippen LogP contribution in [0.15, 0.2) is 17.8 Å². The lowest BCUT2D eigenvalue weighted by Gasteiger charge is -2.15. The third-order valence-electron chi connectivity index (χ3n) is 2.57. The van der Waals surface area contributed by atoms with Gasteiger partial charge in [0, 0.05) is 6.04 Å². The van der Waals surface area contributed by atoms with E-state index < -0.39 is 0 Å². The lowest BCUT2D eigenvalue weighted by Crippen LogP contribution is -2.17. The Hall–Kier alpha value is -1.16. The molecule has 0 fully saturated rings. The summed E-state index contributed by atoms with van der Waals surface area (Å²) in [7, 11) is 0. The topological polar surface area (TPSA) is 37.8 Å². The maximum atomic E-state index is 4.30. The van der Waals surface area contributed by atoms with E-state index in [2.05, 4.69) is 34.5 Å². The molecule has 0 radical (unpaired) electrons. The summed E-state index contributed by atoms with van der Waals surface area (Å²) in [5, 5.41) is 5.52. The van der Waals surface area contributed by atoms with Gasteiger partial charge in [-0.1, -0.05) is 13.8 Å². The number of aromatic nitrogens is 2. The van der Waals surface area contributed by atoms with Gasteiger partial charge < -0.3 is 5.32 Å². The van der Waals surface area contributed by atoms with Crippen molar-refractivity contribution in [3.63, 3.8) is 0 Å². The number of fused-ring (bicyclic) bond motifs is 1. The number of rotatable bonds is 4. The van der Waals surface area contributed by atoms with E-state index in [1.54, 1.807) is 17.7 Å². The molecule has 2 rings (SSSR count). The van der Waals surface area contributed by atoms with Crippen molar-refractivity contribution < 1.29 is 0 Å². The highest BCUT2D eigenvalue weighted by atomic mass is 32.1. The summed E-state index contributed by atoms with van der Waals surface area (Å²) in [5.41, 5.74) is 1.03. The normalized spacial score (nSPS) is 11.1. The quantitative estimate of drug-likeness (QED) is 0.860. The fourth-order valence-corrected chi connectivity index (χ4v) is 2.38. The molecule has 0 aliphatic rings. The van der Waals surface area contributed by atoms with Crippen LogP contribution < -0.4 is 5.32 Å². The van der Waals surface area contributed by atoms with Gasteiger partial charge in [0.25, 0.3) is 0 Å². The molecule has 2 aromatic rings. The van der Waals surface area contributed by atoms with Gasteiger partial charge in [0.2, 0.25) is 0 Å². The lowest BCUT2D eigenvalue weighted by atomic mass is 10.2. The molecule has 0 unspecified atom stereocenters. The van der Waals surface area contributed by atoms with Gasteiger partial charge >= 0.3 is 0 Å². The molecule has 2 heterocycles. The highest BCUT2D eigenvalue weighted by molar-refractivity contribution is 7.17. The zero-order valence-electron chi connectivity index (χ0n) is 9.03. The van der Waals surface area contributed by atoms with Crippen LogP contribution in [0, 0.1) is 0 Å². The zero-order valence-corrected chi connectivity index (χ0v) is 9.84. The van der Waals surface area contributed by atoms with Crippen LogP contribution >= 0.6 is 11.3 Å². The van der Waals surface area contributed by atoms with Crippen molar-refractivity contribution in [3.8, 4) is 0 Å². The van der Waals surface area contributed by atoms with Crippen molar-refractivity contribution in [3.05, 3.63) is 17.8 Å². The smallest absolute Gasteiger partial charge is 0.147 e.